The van der Waals surface area contributed by atoms with E-state index < -0.39 is 53.7 Å². The number of amides is 2. The summed E-state index contributed by atoms with van der Waals surface area (Å²) >= 11 is 0. The molecule has 1 heterocycles. The van der Waals surface area contributed by atoms with Crippen molar-refractivity contribution in [2.24, 2.45) is 0 Å². The minimum atomic E-state index is -1.22. The molecule has 1 aliphatic rings. The number of rotatable bonds is 4. The molecule has 0 aliphatic carbocycles. The van der Waals surface area contributed by atoms with Crippen molar-refractivity contribution in [3.05, 3.63) is 0 Å². The van der Waals surface area contributed by atoms with Gasteiger partial charge in [0.2, 0.25) is 0 Å². The van der Waals surface area contributed by atoms with E-state index in [-0.39, 0.29) is 6.42 Å². The highest BCUT2D eigenvalue weighted by Gasteiger charge is 2.42. The molecule has 0 spiro atoms. The summed E-state index contributed by atoms with van der Waals surface area (Å²) in [6.07, 6.45) is -1.79. The molecule has 32 heavy (non-hydrogen) atoms. The Hall–Kier alpha value is -1.87. The lowest BCUT2D eigenvalue weighted by Crippen LogP contribution is -2.54. The average molecular weight is 460 g/mol. The van der Waals surface area contributed by atoms with Crippen LogP contribution in [-0.2, 0) is 23.7 Å². The van der Waals surface area contributed by atoms with Crippen molar-refractivity contribution < 1.29 is 38.4 Å². The molecule has 9 nitrogen and oxygen atoms in total. The predicted molar refractivity (Wildman–Crippen MR) is 118 cm³/mol. The van der Waals surface area contributed by atoms with Gasteiger partial charge in [-0.2, -0.15) is 4.90 Å². The second-order valence-corrected chi connectivity index (χ2v) is 10.2. The highest BCUT2D eigenvalue weighted by Crippen LogP contribution is 2.24. The van der Waals surface area contributed by atoms with Gasteiger partial charge < -0.3 is 24.1 Å². The van der Waals surface area contributed by atoms with Gasteiger partial charge in [-0.1, -0.05) is 19.8 Å². The number of hydrogen-bond donors (Lipinski definition) is 1. The van der Waals surface area contributed by atoms with Crippen molar-refractivity contribution in [1.82, 2.24) is 4.90 Å². The zero-order chi connectivity index (χ0) is 24.7. The zero-order valence-electron chi connectivity index (χ0n) is 20.8. The number of esters is 1. The molecule has 4 atom stereocenters. The van der Waals surface area contributed by atoms with E-state index in [0.29, 0.717) is 30.8 Å². The molecule has 1 fully saturated rings. The molecule has 0 saturated carbocycles. The number of carbonyl (C=O) groups excluding carboxylic acids is 3. The normalized spacial score (nSPS) is 25.5. The van der Waals surface area contributed by atoms with Crippen LogP contribution in [0.25, 0.3) is 0 Å². The van der Waals surface area contributed by atoms with Crippen LogP contribution in [0.15, 0.2) is 0 Å². The van der Waals surface area contributed by atoms with Crippen molar-refractivity contribution >= 4 is 18.2 Å². The van der Waals surface area contributed by atoms with Gasteiger partial charge in [0, 0.05) is 6.61 Å². The number of ether oxygens (including phenoxy) is 4. The minimum Gasteiger partial charge on any atom is -0.458 e. The summed E-state index contributed by atoms with van der Waals surface area (Å²) in [5, 5.41) is 10.5. The monoisotopic (exact) mass is 459 g/mol. The summed E-state index contributed by atoms with van der Waals surface area (Å²) in [7, 11) is 0. The fourth-order valence-electron chi connectivity index (χ4n) is 3.30. The second-order valence-electron chi connectivity index (χ2n) is 10.2. The molecular formula is C23H41NO8. The molecule has 9 heteroatoms. The summed E-state index contributed by atoms with van der Waals surface area (Å²) < 4.78 is 22.1. The number of imide groups is 1. The molecule has 2 amide bonds. The van der Waals surface area contributed by atoms with E-state index >= 15 is 0 Å². The number of aliphatic hydroxyl groups is 1. The van der Waals surface area contributed by atoms with Gasteiger partial charge in [0.15, 0.2) is 0 Å². The molecule has 0 aromatic heterocycles. The first-order valence-corrected chi connectivity index (χ1v) is 11.4. The van der Waals surface area contributed by atoms with Crippen molar-refractivity contribution in [1.29, 1.82) is 0 Å². The highest BCUT2D eigenvalue weighted by atomic mass is 16.6. The third-order valence-electron chi connectivity index (χ3n) is 4.65. The highest BCUT2D eigenvalue weighted by molar-refractivity contribution is 5.94. The Bertz CT molecular complexity index is 609. The predicted octanol–water partition coefficient (Wildman–Crippen LogP) is 4.19. The van der Waals surface area contributed by atoms with Crippen LogP contribution in [0.4, 0.5) is 9.59 Å². The second kappa shape index (κ2) is 11.8. The Morgan fingerprint density at radius 3 is 2.00 bits per heavy atom. The van der Waals surface area contributed by atoms with Crippen LogP contribution in [-0.4, -0.2) is 70.3 Å². The smallest absolute Gasteiger partial charge is 0.420 e. The van der Waals surface area contributed by atoms with E-state index in [1.807, 2.05) is 6.92 Å². The Morgan fingerprint density at radius 1 is 1.03 bits per heavy atom. The number of nitrogens with zero attached hydrogens (tertiary/aromatic N) is 1. The van der Waals surface area contributed by atoms with Gasteiger partial charge in [-0.05, 0) is 67.7 Å². The lowest BCUT2D eigenvalue weighted by Gasteiger charge is -2.35. The lowest BCUT2D eigenvalue weighted by molar-refractivity contribution is -0.170. The van der Waals surface area contributed by atoms with Crippen LogP contribution in [0.5, 0.6) is 0 Å². The molecular weight excluding hydrogens is 418 g/mol. The van der Waals surface area contributed by atoms with E-state index in [0.717, 1.165) is 6.42 Å². The Balaban J connectivity index is 3.23. The third kappa shape index (κ3) is 9.32. The first kappa shape index (κ1) is 28.2. The van der Waals surface area contributed by atoms with Gasteiger partial charge in [-0.15, -0.1) is 0 Å². The molecule has 0 unspecified atom stereocenters. The molecule has 1 N–H and O–H groups in total. The first-order valence-electron chi connectivity index (χ1n) is 11.4. The summed E-state index contributed by atoms with van der Waals surface area (Å²) in [5.74, 6) is -0.770. The number of carbonyl (C=O) groups is 3. The number of aliphatic hydroxyl groups excluding tert-OH is 1. The maximum atomic E-state index is 13.1. The van der Waals surface area contributed by atoms with E-state index in [2.05, 4.69) is 0 Å². The number of cyclic esters (lactones) is 1. The van der Waals surface area contributed by atoms with Gasteiger partial charge in [0.25, 0.3) is 0 Å². The topological polar surface area (TPSA) is 112 Å². The van der Waals surface area contributed by atoms with Crippen molar-refractivity contribution in [3.8, 4) is 0 Å². The van der Waals surface area contributed by atoms with Crippen LogP contribution < -0.4 is 0 Å². The quantitative estimate of drug-likeness (QED) is 0.492. The van der Waals surface area contributed by atoms with Crippen LogP contribution in [0, 0.1) is 0 Å². The molecule has 0 radical (unpaired) electrons. The first-order chi connectivity index (χ1) is 14.7. The van der Waals surface area contributed by atoms with Crippen LogP contribution in [0.1, 0.15) is 87.5 Å². The van der Waals surface area contributed by atoms with Gasteiger partial charge in [-0.3, -0.25) is 0 Å². The van der Waals surface area contributed by atoms with E-state index in [4.69, 9.17) is 18.9 Å². The standard InChI is InChI=1S/C23H41NO8/c1-9-14-29-18-15(2)30-19(26)16(12-10-11-13-17(18)25)24(20(27)31-22(3,4)5)21(28)32-23(6,7)8/h15-18,25H,9-14H2,1-8H3/t15-,16-,17-,18-/m0/s1. The third-order valence-corrected chi connectivity index (χ3v) is 4.65. The molecule has 0 aromatic rings. The Kier molecular flexibility index (Phi) is 10.4. The van der Waals surface area contributed by atoms with Gasteiger partial charge in [0.05, 0.1) is 6.10 Å². The average Bonchev–Trinajstić information content (AvgIpc) is 2.60. The molecule has 0 bridgehead atoms. The fourth-order valence-corrected chi connectivity index (χ4v) is 3.30. The molecule has 0 aromatic carbocycles. The molecule has 186 valence electrons. The summed E-state index contributed by atoms with van der Waals surface area (Å²) in [6.45, 7) is 14.0. The molecule has 1 rings (SSSR count). The van der Waals surface area contributed by atoms with Gasteiger partial charge in [0.1, 0.15) is 29.5 Å². The van der Waals surface area contributed by atoms with Crippen molar-refractivity contribution in [2.75, 3.05) is 6.61 Å². The van der Waals surface area contributed by atoms with Crippen molar-refractivity contribution in [3.63, 3.8) is 0 Å². The van der Waals surface area contributed by atoms with E-state index in [1.165, 1.54) is 0 Å². The Morgan fingerprint density at radius 2 is 1.53 bits per heavy atom. The van der Waals surface area contributed by atoms with Crippen LogP contribution in [0.2, 0.25) is 0 Å². The SMILES string of the molecule is CCCO[C@H]1[C@H](C)OC(=O)[C@@H](N(C(=O)OC(C)(C)C)C(=O)OC(C)(C)C)CCCC[C@@H]1O. The Labute approximate surface area is 191 Å². The fraction of sp³-hybridized carbons (Fsp3) is 0.870. The molecule has 1 aliphatic heterocycles. The summed E-state index contributed by atoms with van der Waals surface area (Å²) in [4.78, 5) is 39.8. The zero-order valence-corrected chi connectivity index (χ0v) is 20.8. The maximum Gasteiger partial charge on any atom is 0.420 e. The summed E-state index contributed by atoms with van der Waals surface area (Å²) in [5.41, 5.74) is -1.76. The molecule has 1 saturated heterocycles. The minimum absolute atomic E-state index is 0.164. The van der Waals surface area contributed by atoms with E-state index in [1.54, 1.807) is 48.5 Å². The van der Waals surface area contributed by atoms with Crippen molar-refractivity contribution in [2.45, 2.75) is 123 Å². The van der Waals surface area contributed by atoms with Crippen LogP contribution in [0.3, 0.4) is 0 Å². The van der Waals surface area contributed by atoms with Gasteiger partial charge in [-0.25, -0.2) is 14.4 Å². The lowest BCUT2D eigenvalue weighted by atomic mass is 9.99. The van der Waals surface area contributed by atoms with Gasteiger partial charge >= 0.3 is 18.2 Å². The van der Waals surface area contributed by atoms with Crippen LogP contribution >= 0.6 is 0 Å². The maximum absolute atomic E-state index is 13.1. The van der Waals surface area contributed by atoms with E-state index in [9.17, 15) is 19.5 Å². The largest absolute Gasteiger partial charge is 0.458 e. The number of hydrogen-bond acceptors (Lipinski definition) is 8. The summed E-state index contributed by atoms with van der Waals surface area (Å²) in [6, 6.07) is -1.22.